The van der Waals surface area contributed by atoms with Crippen LogP contribution in [0, 0.1) is 0 Å². The molecule has 104 valence electrons. The third-order valence-electron chi connectivity index (χ3n) is 3.65. The number of hydrogen-bond donors (Lipinski definition) is 1. The van der Waals surface area contributed by atoms with Crippen LogP contribution in [0.1, 0.15) is 39.0 Å². The minimum atomic E-state index is -0.553. The van der Waals surface area contributed by atoms with Crippen molar-refractivity contribution in [1.29, 1.82) is 0 Å². The van der Waals surface area contributed by atoms with Gasteiger partial charge in [0.2, 0.25) is 11.8 Å². The average Bonchev–Trinajstić information content (AvgIpc) is 2.37. The Kier molecular flexibility index (Phi) is 5.59. The molecular weight excluding hydrogens is 230 g/mol. The fourth-order valence-electron chi connectivity index (χ4n) is 2.41. The zero-order valence-electron chi connectivity index (χ0n) is 11.7. The van der Waals surface area contributed by atoms with Gasteiger partial charge < -0.3 is 15.5 Å². The van der Waals surface area contributed by atoms with Crippen molar-refractivity contribution in [3.05, 3.63) is 0 Å². The highest BCUT2D eigenvalue weighted by molar-refractivity contribution is 5.87. The summed E-state index contributed by atoms with van der Waals surface area (Å²) in [6.07, 6.45) is 5.80. The average molecular weight is 255 g/mol. The molecule has 18 heavy (non-hydrogen) atoms. The molecule has 2 amide bonds. The summed E-state index contributed by atoms with van der Waals surface area (Å²) in [5.74, 6) is -0.196. The summed E-state index contributed by atoms with van der Waals surface area (Å²) in [6, 6.07) is -0.215. The molecule has 0 bridgehead atoms. The molecule has 0 radical (unpaired) electrons. The van der Waals surface area contributed by atoms with Gasteiger partial charge in [0.1, 0.15) is 0 Å². The summed E-state index contributed by atoms with van der Waals surface area (Å²) in [4.78, 5) is 26.9. The molecule has 1 fully saturated rings. The molecule has 2 N–H and O–H groups in total. The number of nitrogens with two attached hydrogens (primary N) is 1. The Morgan fingerprint density at radius 1 is 1.22 bits per heavy atom. The molecule has 1 unspecified atom stereocenters. The van der Waals surface area contributed by atoms with Gasteiger partial charge in [0, 0.05) is 20.1 Å². The lowest BCUT2D eigenvalue weighted by atomic mass is 9.94. The van der Waals surface area contributed by atoms with E-state index in [1.807, 2.05) is 7.05 Å². The lowest BCUT2D eigenvalue weighted by Crippen LogP contribution is -2.47. The maximum Gasteiger partial charge on any atom is 0.242 e. The van der Waals surface area contributed by atoms with E-state index in [-0.39, 0.29) is 18.4 Å². The van der Waals surface area contributed by atoms with Crippen LogP contribution in [0.2, 0.25) is 0 Å². The minimum absolute atomic E-state index is 0.00148. The fraction of sp³-hybridized carbons (Fsp3) is 0.846. The van der Waals surface area contributed by atoms with Gasteiger partial charge >= 0.3 is 0 Å². The Morgan fingerprint density at radius 2 is 1.78 bits per heavy atom. The topological polar surface area (TPSA) is 66.6 Å². The van der Waals surface area contributed by atoms with Gasteiger partial charge in [-0.2, -0.15) is 0 Å². The molecule has 0 aliphatic heterocycles. The van der Waals surface area contributed by atoms with E-state index in [2.05, 4.69) is 0 Å². The monoisotopic (exact) mass is 255 g/mol. The fourth-order valence-corrected chi connectivity index (χ4v) is 2.41. The van der Waals surface area contributed by atoms with Crippen LogP contribution in [0.3, 0.4) is 0 Å². The van der Waals surface area contributed by atoms with Crippen molar-refractivity contribution in [2.45, 2.75) is 51.1 Å². The zero-order chi connectivity index (χ0) is 13.7. The third kappa shape index (κ3) is 3.98. The van der Waals surface area contributed by atoms with Crippen molar-refractivity contribution in [1.82, 2.24) is 9.80 Å². The quantitative estimate of drug-likeness (QED) is 0.799. The molecule has 0 aromatic carbocycles. The zero-order valence-corrected chi connectivity index (χ0v) is 11.7. The summed E-state index contributed by atoms with van der Waals surface area (Å²) < 4.78 is 0. The Labute approximate surface area is 109 Å². The first-order valence-corrected chi connectivity index (χ1v) is 6.69. The van der Waals surface area contributed by atoms with Crippen LogP contribution in [-0.2, 0) is 9.59 Å². The largest absolute Gasteiger partial charge is 0.341 e. The van der Waals surface area contributed by atoms with Crippen molar-refractivity contribution >= 4 is 11.8 Å². The molecule has 1 rings (SSSR count). The lowest BCUT2D eigenvalue weighted by molar-refractivity contribution is -0.140. The highest BCUT2D eigenvalue weighted by Gasteiger charge is 2.24. The van der Waals surface area contributed by atoms with E-state index in [0.29, 0.717) is 6.04 Å². The number of nitrogens with zero attached hydrogens (tertiary/aromatic N) is 2. The maximum absolute atomic E-state index is 12.1. The number of rotatable bonds is 4. The number of amides is 2. The van der Waals surface area contributed by atoms with E-state index in [0.717, 1.165) is 12.8 Å². The number of likely N-dealkylation sites (N-methyl/N-ethyl adjacent to an activating group) is 2. The number of hydrogen-bond acceptors (Lipinski definition) is 3. The molecule has 0 aromatic heterocycles. The predicted molar refractivity (Wildman–Crippen MR) is 70.9 cm³/mol. The van der Waals surface area contributed by atoms with E-state index in [1.54, 1.807) is 18.9 Å². The van der Waals surface area contributed by atoms with Crippen LogP contribution >= 0.6 is 0 Å². The normalized spacial score (nSPS) is 18.2. The van der Waals surface area contributed by atoms with E-state index in [9.17, 15) is 9.59 Å². The number of carbonyl (C=O) groups is 2. The highest BCUT2D eigenvalue weighted by Crippen LogP contribution is 2.21. The van der Waals surface area contributed by atoms with Crippen molar-refractivity contribution < 1.29 is 9.59 Å². The lowest BCUT2D eigenvalue weighted by Gasteiger charge is -2.32. The molecule has 0 aromatic rings. The van der Waals surface area contributed by atoms with Crippen LogP contribution in [-0.4, -0.2) is 54.3 Å². The third-order valence-corrected chi connectivity index (χ3v) is 3.65. The van der Waals surface area contributed by atoms with E-state index < -0.39 is 6.04 Å². The van der Waals surface area contributed by atoms with Crippen molar-refractivity contribution in [3.8, 4) is 0 Å². The Morgan fingerprint density at radius 3 is 2.28 bits per heavy atom. The van der Waals surface area contributed by atoms with Crippen molar-refractivity contribution in [3.63, 3.8) is 0 Å². The standard InChI is InChI=1S/C13H25N3O2/c1-10(14)13(18)15(2)9-12(17)16(3)11-7-5-4-6-8-11/h10-11H,4-9,14H2,1-3H3. The first-order valence-electron chi connectivity index (χ1n) is 6.69. The molecule has 5 heteroatoms. The van der Waals surface area contributed by atoms with E-state index in [1.165, 1.54) is 24.2 Å². The Hall–Kier alpha value is -1.10. The van der Waals surface area contributed by atoms with Crippen LogP contribution in [0.15, 0.2) is 0 Å². The van der Waals surface area contributed by atoms with Crippen molar-refractivity contribution in [2.75, 3.05) is 20.6 Å². The van der Waals surface area contributed by atoms with Gasteiger partial charge in [-0.3, -0.25) is 9.59 Å². The molecular formula is C13H25N3O2. The highest BCUT2D eigenvalue weighted by atomic mass is 16.2. The first-order chi connectivity index (χ1) is 8.43. The second-order valence-electron chi connectivity index (χ2n) is 5.28. The van der Waals surface area contributed by atoms with Gasteiger partial charge in [-0.1, -0.05) is 19.3 Å². The van der Waals surface area contributed by atoms with E-state index in [4.69, 9.17) is 5.73 Å². The van der Waals surface area contributed by atoms with Gasteiger partial charge in [0.05, 0.1) is 12.6 Å². The summed E-state index contributed by atoms with van der Waals surface area (Å²) in [7, 11) is 3.46. The molecule has 5 nitrogen and oxygen atoms in total. The Bertz CT molecular complexity index is 299. The summed E-state index contributed by atoms with van der Waals surface area (Å²) >= 11 is 0. The SMILES string of the molecule is CC(N)C(=O)N(C)CC(=O)N(C)C1CCCCC1. The van der Waals surface area contributed by atoms with Crippen LogP contribution in [0.25, 0.3) is 0 Å². The maximum atomic E-state index is 12.1. The second-order valence-corrected chi connectivity index (χ2v) is 5.28. The van der Waals surface area contributed by atoms with Gasteiger partial charge in [0.15, 0.2) is 0 Å². The van der Waals surface area contributed by atoms with Gasteiger partial charge in [0.25, 0.3) is 0 Å². The van der Waals surface area contributed by atoms with Crippen LogP contribution < -0.4 is 5.73 Å². The second kappa shape index (κ2) is 6.73. The predicted octanol–water partition coefficient (Wildman–Crippen LogP) is 0.583. The molecule has 0 saturated heterocycles. The molecule has 1 aliphatic carbocycles. The first kappa shape index (κ1) is 15.0. The molecule has 0 heterocycles. The summed E-state index contributed by atoms with van der Waals surface area (Å²) in [6.45, 7) is 1.75. The van der Waals surface area contributed by atoms with Crippen LogP contribution in [0.4, 0.5) is 0 Å². The minimum Gasteiger partial charge on any atom is -0.341 e. The smallest absolute Gasteiger partial charge is 0.242 e. The molecule has 1 atom stereocenters. The van der Waals surface area contributed by atoms with Gasteiger partial charge in [-0.15, -0.1) is 0 Å². The Balaban J connectivity index is 2.46. The van der Waals surface area contributed by atoms with Gasteiger partial charge in [-0.25, -0.2) is 0 Å². The molecule has 1 aliphatic rings. The van der Waals surface area contributed by atoms with Gasteiger partial charge in [-0.05, 0) is 19.8 Å². The summed E-state index contributed by atoms with van der Waals surface area (Å²) in [5.41, 5.74) is 5.52. The van der Waals surface area contributed by atoms with Crippen molar-refractivity contribution in [2.24, 2.45) is 5.73 Å². The molecule has 1 saturated carbocycles. The molecule has 0 spiro atoms. The summed E-state index contributed by atoms with van der Waals surface area (Å²) in [5, 5.41) is 0. The number of carbonyl (C=O) groups excluding carboxylic acids is 2. The van der Waals surface area contributed by atoms with E-state index >= 15 is 0 Å². The van der Waals surface area contributed by atoms with Crippen LogP contribution in [0.5, 0.6) is 0 Å².